The number of carbonyl (C=O) groups is 2. The highest BCUT2D eigenvalue weighted by Gasteiger charge is 2.16. The Morgan fingerprint density at radius 1 is 1.35 bits per heavy atom. The van der Waals surface area contributed by atoms with Crippen LogP contribution in [0.3, 0.4) is 0 Å². The normalized spacial score (nSPS) is 10.7. The third-order valence-electron chi connectivity index (χ3n) is 3.11. The maximum absolute atomic E-state index is 12.0. The SMILES string of the molecule is CCn1cc(NC(=O)/C=C/c2ccccc2Cl)c(C(=O)NC)n1. The number of anilines is 1. The fraction of sp³-hybridized carbons (Fsp3) is 0.188. The molecule has 0 aliphatic carbocycles. The van der Waals surface area contributed by atoms with Crippen LogP contribution in [0.2, 0.25) is 5.02 Å². The molecule has 0 unspecified atom stereocenters. The number of rotatable bonds is 5. The fourth-order valence-corrected chi connectivity index (χ4v) is 2.11. The van der Waals surface area contributed by atoms with Gasteiger partial charge in [0.05, 0.1) is 5.69 Å². The number of nitrogens with one attached hydrogen (secondary N) is 2. The molecule has 0 saturated carbocycles. The van der Waals surface area contributed by atoms with Crippen LogP contribution in [0.1, 0.15) is 23.0 Å². The van der Waals surface area contributed by atoms with Crippen LogP contribution in [0.25, 0.3) is 6.08 Å². The van der Waals surface area contributed by atoms with E-state index in [1.54, 1.807) is 29.1 Å². The highest BCUT2D eigenvalue weighted by atomic mass is 35.5. The zero-order valence-electron chi connectivity index (χ0n) is 12.8. The van der Waals surface area contributed by atoms with Crippen molar-refractivity contribution < 1.29 is 9.59 Å². The van der Waals surface area contributed by atoms with E-state index in [0.717, 1.165) is 5.56 Å². The number of benzene rings is 1. The Morgan fingerprint density at radius 2 is 2.09 bits per heavy atom. The van der Waals surface area contributed by atoms with Crippen molar-refractivity contribution in [3.8, 4) is 0 Å². The first-order chi connectivity index (χ1) is 11.0. The third kappa shape index (κ3) is 4.20. The molecular weight excluding hydrogens is 316 g/mol. The van der Waals surface area contributed by atoms with Crippen LogP contribution in [0.4, 0.5) is 5.69 Å². The molecule has 0 bridgehead atoms. The second kappa shape index (κ2) is 7.60. The molecule has 1 aromatic heterocycles. The van der Waals surface area contributed by atoms with E-state index < -0.39 is 0 Å². The number of nitrogens with zero attached hydrogens (tertiary/aromatic N) is 2. The molecule has 120 valence electrons. The largest absolute Gasteiger partial charge is 0.354 e. The molecule has 0 spiro atoms. The van der Waals surface area contributed by atoms with Crippen LogP contribution in [0.5, 0.6) is 0 Å². The van der Waals surface area contributed by atoms with Crippen LogP contribution in [0, 0.1) is 0 Å². The molecule has 0 fully saturated rings. The number of aryl methyl sites for hydroxylation is 1. The number of hydrogen-bond acceptors (Lipinski definition) is 3. The number of amides is 2. The van der Waals surface area contributed by atoms with Crippen LogP contribution >= 0.6 is 11.6 Å². The van der Waals surface area contributed by atoms with Crippen molar-refractivity contribution in [3.05, 3.63) is 52.8 Å². The van der Waals surface area contributed by atoms with E-state index in [9.17, 15) is 9.59 Å². The Bertz CT molecular complexity index is 752. The van der Waals surface area contributed by atoms with E-state index >= 15 is 0 Å². The second-order valence-electron chi connectivity index (χ2n) is 4.67. The van der Waals surface area contributed by atoms with Crippen LogP contribution in [-0.4, -0.2) is 28.6 Å². The van der Waals surface area contributed by atoms with Gasteiger partial charge >= 0.3 is 0 Å². The Labute approximate surface area is 139 Å². The predicted octanol–water partition coefficient (Wildman–Crippen LogP) is 2.57. The lowest BCUT2D eigenvalue weighted by atomic mass is 10.2. The van der Waals surface area contributed by atoms with Gasteiger partial charge in [-0.25, -0.2) is 0 Å². The first-order valence-electron chi connectivity index (χ1n) is 7.08. The standard InChI is InChI=1S/C16H17ClN4O2/c1-3-21-10-13(15(20-21)16(23)18-2)19-14(22)9-8-11-6-4-5-7-12(11)17/h4-10H,3H2,1-2H3,(H,18,23)(H,19,22)/b9-8+. The lowest BCUT2D eigenvalue weighted by Gasteiger charge is -2.02. The summed E-state index contributed by atoms with van der Waals surface area (Å²) in [7, 11) is 1.51. The van der Waals surface area contributed by atoms with Crippen LogP contribution < -0.4 is 10.6 Å². The summed E-state index contributed by atoms with van der Waals surface area (Å²) in [6.45, 7) is 2.48. The Kier molecular flexibility index (Phi) is 5.54. The average molecular weight is 333 g/mol. The molecule has 0 aliphatic rings. The quantitative estimate of drug-likeness (QED) is 0.826. The minimum absolute atomic E-state index is 0.175. The Hall–Kier alpha value is -2.60. The van der Waals surface area contributed by atoms with Crippen molar-refractivity contribution in [2.75, 3.05) is 12.4 Å². The minimum Gasteiger partial charge on any atom is -0.354 e. The molecule has 1 heterocycles. The van der Waals surface area contributed by atoms with E-state index in [4.69, 9.17) is 11.6 Å². The first kappa shape index (κ1) is 16.8. The molecule has 23 heavy (non-hydrogen) atoms. The molecule has 6 nitrogen and oxygen atoms in total. The molecule has 0 atom stereocenters. The van der Waals surface area contributed by atoms with Gasteiger partial charge in [0, 0.05) is 30.9 Å². The van der Waals surface area contributed by atoms with Gasteiger partial charge in [-0.3, -0.25) is 14.3 Å². The maximum Gasteiger partial charge on any atom is 0.273 e. The van der Waals surface area contributed by atoms with Gasteiger partial charge in [-0.1, -0.05) is 29.8 Å². The molecule has 2 amide bonds. The van der Waals surface area contributed by atoms with E-state index in [2.05, 4.69) is 15.7 Å². The molecule has 2 aromatic rings. The molecule has 0 saturated heterocycles. The summed E-state index contributed by atoms with van der Waals surface area (Å²) in [5.41, 5.74) is 1.27. The fourth-order valence-electron chi connectivity index (χ4n) is 1.91. The lowest BCUT2D eigenvalue weighted by Crippen LogP contribution is -2.21. The monoisotopic (exact) mass is 332 g/mol. The summed E-state index contributed by atoms with van der Waals surface area (Å²) >= 11 is 6.03. The molecule has 7 heteroatoms. The summed E-state index contributed by atoms with van der Waals surface area (Å²) in [6.07, 6.45) is 4.59. The van der Waals surface area contributed by atoms with Crippen molar-refractivity contribution in [2.24, 2.45) is 0 Å². The van der Waals surface area contributed by atoms with Crippen LogP contribution in [-0.2, 0) is 11.3 Å². The lowest BCUT2D eigenvalue weighted by molar-refractivity contribution is -0.111. The molecule has 1 aromatic carbocycles. The molecule has 0 radical (unpaired) electrons. The predicted molar refractivity (Wildman–Crippen MR) is 90.4 cm³/mol. The van der Waals surface area contributed by atoms with Gasteiger partial charge in [0.25, 0.3) is 5.91 Å². The molecular formula is C16H17ClN4O2. The molecule has 2 N–H and O–H groups in total. The van der Waals surface area contributed by atoms with Crippen molar-refractivity contribution in [2.45, 2.75) is 13.5 Å². The summed E-state index contributed by atoms with van der Waals surface area (Å²) in [5.74, 6) is -0.728. The number of halogens is 1. The highest BCUT2D eigenvalue weighted by Crippen LogP contribution is 2.17. The van der Waals surface area contributed by atoms with E-state index in [-0.39, 0.29) is 17.5 Å². The van der Waals surface area contributed by atoms with E-state index in [1.807, 2.05) is 19.1 Å². The highest BCUT2D eigenvalue weighted by molar-refractivity contribution is 6.32. The zero-order valence-corrected chi connectivity index (χ0v) is 13.6. The zero-order chi connectivity index (χ0) is 16.8. The van der Waals surface area contributed by atoms with Crippen molar-refractivity contribution >= 4 is 35.2 Å². The Morgan fingerprint density at radius 3 is 2.74 bits per heavy atom. The smallest absolute Gasteiger partial charge is 0.273 e. The number of carbonyl (C=O) groups excluding carboxylic acids is 2. The van der Waals surface area contributed by atoms with Gasteiger partial charge in [0.1, 0.15) is 0 Å². The summed E-state index contributed by atoms with van der Waals surface area (Å²) in [4.78, 5) is 23.8. The van der Waals surface area contributed by atoms with Gasteiger partial charge < -0.3 is 10.6 Å². The van der Waals surface area contributed by atoms with Gasteiger partial charge in [-0.15, -0.1) is 0 Å². The maximum atomic E-state index is 12.0. The molecule has 2 rings (SSSR count). The van der Waals surface area contributed by atoms with Gasteiger partial charge in [0.15, 0.2) is 5.69 Å². The number of hydrogen-bond donors (Lipinski definition) is 2. The first-order valence-corrected chi connectivity index (χ1v) is 7.46. The van der Waals surface area contributed by atoms with Gasteiger partial charge in [0.2, 0.25) is 5.91 Å². The van der Waals surface area contributed by atoms with E-state index in [0.29, 0.717) is 17.3 Å². The average Bonchev–Trinajstić information content (AvgIpc) is 2.96. The third-order valence-corrected chi connectivity index (χ3v) is 3.45. The molecule has 0 aliphatic heterocycles. The second-order valence-corrected chi connectivity index (χ2v) is 5.08. The van der Waals surface area contributed by atoms with Crippen molar-refractivity contribution in [1.29, 1.82) is 0 Å². The van der Waals surface area contributed by atoms with Crippen molar-refractivity contribution in [1.82, 2.24) is 15.1 Å². The topological polar surface area (TPSA) is 76.0 Å². The summed E-state index contributed by atoms with van der Waals surface area (Å²) < 4.78 is 1.58. The minimum atomic E-state index is -0.370. The number of aromatic nitrogens is 2. The summed E-state index contributed by atoms with van der Waals surface area (Å²) in [6, 6.07) is 7.19. The summed E-state index contributed by atoms with van der Waals surface area (Å²) in [5, 5.41) is 9.84. The van der Waals surface area contributed by atoms with Gasteiger partial charge in [-0.2, -0.15) is 5.10 Å². The van der Waals surface area contributed by atoms with Crippen molar-refractivity contribution in [3.63, 3.8) is 0 Å². The van der Waals surface area contributed by atoms with Crippen LogP contribution in [0.15, 0.2) is 36.5 Å². The van der Waals surface area contributed by atoms with Gasteiger partial charge in [-0.05, 0) is 24.6 Å². The van der Waals surface area contributed by atoms with E-state index in [1.165, 1.54) is 13.1 Å². The Balaban J connectivity index is 2.15.